The lowest BCUT2D eigenvalue weighted by atomic mass is 10.1. The standard InChI is InChI=1S/C16H22N2O3/c1-11-3-7-14(8-4-11)18(10-9-15(19)20)12(2)16(21)17-13-5-6-13/h3-4,7-8,12-13H,5-6,9-10H2,1-2H3,(H,17,21)(H,19,20). The summed E-state index contributed by atoms with van der Waals surface area (Å²) in [6.07, 6.45) is 2.09. The number of carbonyl (C=O) groups excluding carboxylic acids is 1. The Morgan fingerprint density at radius 1 is 1.33 bits per heavy atom. The molecule has 1 atom stereocenters. The third-order valence-corrected chi connectivity index (χ3v) is 3.70. The number of hydrogen-bond acceptors (Lipinski definition) is 3. The molecule has 1 aliphatic rings. The van der Waals surface area contributed by atoms with Crippen molar-refractivity contribution in [1.82, 2.24) is 5.32 Å². The predicted octanol–water partition coefficient (Wildman–Crippen LogP) is 1.94. The van der Waals surface area contributed by atoms with E-state index in [9.17, 15) is 9.59 Å². The van der Waals surface area contributed by atoms with Crippen LogP contribution in [0.5, 0.6) is 0 Å². The van der Waals surface area contributed by atoms with E-state index in [1.165, 1.54) is 0 Å². The Hall–Kier alpha value is -2.04. The fourth-order valence-corrected chi connectivity index (χ4v) is 2.19. The van der Waals surface area contributed by atoms with E-state index in [4.69, 9.17) is 5.11 Å². The zero-order valence-corrected chi connectivity index (χ0v) is 12.5. The van der Waals surface area contributed by atoms with Gasteiger partial charge in [-0.05, 0) is 38.8 Å². The molecule has 0 saturated heterocycles. The van der Waals surface area contributed by atoms with Crippen molar-refractivity contribution in [3.05, 3.63) is 29.8 Å². The van der Waals surface area contributed by atoms with Gasteiger partial charge >= 0.3 is 5.97 Å². The highest BCUT2D eigenvalue weighted by atomic mass is 16.4. The summed E-state index contributed by atoms with van der Waals surface area (Å²) in [7, 11) is 0. The summed E-state index contributed by atoms with van der Waals surface area (Å²) >= 11 is 0. The average molecular weight is 290 g/mol. The lowest BCUT2D eigenvalue weighted by Gasteiger charge is -2.30. The van der Waals surface area contributed by atoms with E-state index >= 15 is 0 Å². The van der Waals surface area contributed by atoms with E-state index in [1.54, 1.807) is 0 Å². The van der Waals surface area contributed by atoms with Gasteiger partial charge in [0.05, 0.1) is 6.42 Å². The van der Waals surface area contributed by atoms with E-state index < -0.39 is 5.97 Å². The summed E-state index contributed by atoms with van der Waals surface area (Å²) < 4.78 is 0. The van der Waals surface area contributed by atoms with Crippen molar-refractivity contribution in [2.45, 2.75) is 45.2 Å². The zero-order valence-electron chi connectivity index (χ0n) is 12.5. The SMILES string of the molecule is Cc1ccc(N(CCC(=O)O)C(C)C(=O)NC2CC2)cc1. The first-order valence-corrected chi connectivity index (χ1v) is 7.33. The van der Waals surface area contributed by atoms with Gasteiger partial charge in [-0.3, -0.25) is 9.59 Å². The lowest BCUT2D eigenvalue weighted by Crippen LogP contribution is -2.46. The van der Waals surface area contributed by atoms with Crippen LogP contribution in [-0.2, 0) is 9.59 Å². The van der Waals surface area contributed by atoms with Crippen molar-refractivity contribution >= 4 is 17.6 Å². The Morgan fingerprint density at radius 2 is 1.95 bits per heavy atom. The maximum Gasteiger partial charge on any atom is 0.305 e. The Labute approximate surface area is 125 Å². The molecule has 114 valence electrons. The molecule has 1 aliphatic carbocycles. The van der Waals surface area contributed by atoms with Crippen LogP contribution in [0.15, 0.2) is 24.3 Å². The molecule has 0 aliphatic heterocycles. The quantitative estimate of drug-likeness (QED) is 0.805. The van der Waals surface area contributed by atoms with Crippen LogP contribution in [0.1, 0.15) is 31.7 Å². The minimum Gasteiger partial charge on any atom is -0.481 e. The molecule has 0 spiro atoms. The summed E-state index contributed by atoms with van der Waals surface area (Å²) in [5.41, 5.74) is 2.01. The van der Waals surface area contributed by atoms with Crippen molar-refractivity contribution in [2.75, 3.05) is 11.4 Å². The number of hydrogen-bond donors (Lipinski definition) is 2. The topological polar surface area (TPSA) is 69.6 Å². The molecule has 1 amide bonds. The number of nitrogens with one attached hydrogen (secondary N) is 1. The first-order chi connectivity index (χ1) is 9.97. The molecule has 0 aromatic heterocycles. The number of rotatable bonds is 7. The lowest BCUT2D eigenvalue weighted by molar-refractivity contribution is -0.137. The molecular weight excluding hydrogens is 268 g/mol. The molecule has 5 nitrogen and oxygen atoms in total. The third-order valence-electron chi connectivity index (χ3n) is 3.70. The molecule has 2 N–H and O–H groups in total. The molecule has 2 rings (SSSR count). The van der Waals surface area contributed by atoms with Crippen LogP contribution >= 0.6 is 0 Å². The van der Waals surface area contributed by atoms with Crippen LogP contribution in [0, 0.1) is 6.92 Å². The van der Waals surface area contributed by atoms with E-state index in [2.05, 4.69) is 5.32 Å². The Balaban J connectivity index is 2.11. The molecule has 1 aromatic carbocycles. The van der Waals surface area contributed by atoms with Gasteiger partial charge in [-0.2, -0.15) is 0 Å². The van der Waals surface area contributed by atoms with Gasteiger partial charge in [0, 0.05) is 18.3 Å². The van der Waals surface area contributed by atoms with E-state index in [0.29, 0.717) is 12.6 Å². The highest BCUT2D eigenvalue weighted by Gasteiger charge is 2.28. The number of amides is 1. The molecule has 0 bridgehead atoms. The number of carbonyl (C=O) groups is 2. The summed E-state index contributed by atoms with van der Waals surface area (Å²) in [5.74, 6) is -0.898. The van der Waals surface area contributed by atoms with E-state index in [0.717, 1.165) is 24.1 Å². The van der Waals surface area contributed by atoms with Gasteiger partial charge in [0.15, 0.2) is 0 Å². The van der Waals surface area contributed by atoms with Gasteiger partial charge in [0.2, 0.25) is 5.91 Å². The molecule has 1 aromatic rings. The minimum absolute atomic E-state index is 0.00885. The van der Waals surface area contributed by atoms with Gasteiger partial charge in [-0.25, -0.2) is 0 Å². The van der Waals surface area contributed by atoms with Crippen molar-refractivity contribution in [2.24, 2.45) is 0 Å². The van der Waals surface area contributed by atoms with E-state index in [1.807, 2.05) is 43.0 Å². The maximum absolute atomic E-state index is 12.2. The van der Waals surface area contributed by atoms with Gasteiger partial charge in [0.1, 0.15) is 6.04 Å². The van der Waals surface area contributed by atoms with Gasteiger partial charge in [-0.15, -0.1) is 0 Å². The first kappa shape index (κ1) is 15.4. The highest BCUT2D eigenvalue weighted by molar-refractivity contribution is 5.85. The molecule has 1 unspecified atom stereocenters. The second-order valence-electron chi connectivity index (χ2n) is 5.63. The average Bonchev–Trinajstić information content (AvgIpc) is 3.24. The monoisotopic (exact) mass is 290 g/mol. The number of nitrogens with zero attached hydrogens (tertiary/aromatic N) is 1. The maximum atomic E-state index is 12.2. The molecule has 1 fully saturated rings. The highest BCUT2D eigenvalue weighted by Crippen LogP contribution is 2.21. The zero-order chi connectivity index (χ0) is 15.4. The molecule has 5 heteroatoms. The summed E-state index contributed by atoms with van der Waals surface area (Å²) in [5, 5.41) is 11.9. The number of aliphatic carboxylic acids is 1. The van der Waals surface area contributed by atoms with Crippen molar-refractivity contribution < 1.29 is 14.7 Å². The number of carboxylic acid groups (broad SMARTS) is 1. The van der Waals surface area contributed by atoms with Crippen LogP contribution in [0.3, 0.4) is 0 Å². The molecule has 0 radical (unpaired) electrons. The Morgan fingerprint density at radius 3 is 2.48 bits per heavy atom. The molecular formula is C16H22N2O3. The molecule has 0 heterocycles. The van der Waals surface area contributed by atoms with Gasteiger partial charge < -0.3 is 15.3 Å². The summed E-state index contributed by atoms with van der Waals surface area (Å²) in [6, 6.07) is 7.71. The van der Waals surface area contributed by atoms with Crippen molar-refractivity contribution in [3.8, 4) is 0 Å². The number of carboxylic acids is 1. The molecule has 1 saturated carbocycles. The summed E-state index contributed by atoms with van der Waals surface area (Å²) in [6.45, 7) is 4.13. The van der Waals surface area contributed by atoms with Crippen LogP contribution in [-0.4, -0.2) is 35.6 Å². The van der Waals surface area contributed by atoms with Crippen molar-refractivity contribution in [3.63, 3.8) is 0 Å². The normalized spacial score (nSPS) is 15.3. The Bertz CT molecular complexity index is 509. The van der Waals surface area contributed by atoms with Gasteiger partial charge in [0.25, 0.3) is 0 Å². The fourth-order valence-electron chi connectivity index (χ4n) is 2.19. The van der Waals surface area contributed by atoms with Gasteiger partial charge in [-0.1, -0.05) is 17.7 Å². The minimum atomic E-state index is -0.859. The largest absolute Gasteiger partial charge is 0.481 e. The predicted molar refractivity (Wildman–Crippen MR) is 81.4 cm³/mol. The van der Waals surface area contributed by atoms with Crippen LogP contribution in [0.25, 0.3) is 0 Å². The Kier molecular flexibility index (Phi) is 4.83. The number of benzene rings is 1. The third kappa shape index (κ3) is 4.48. The number of anilines is 1. The summed E-state index contributed by atoms with van der Waals surface area (Å²) in [4.78, 5) is 24.9. The van der Waals surface area contributed by atoms with Crippen LogP contribution in [0.4, 0.5) is 5.69 Å². The second-order valence-corrected chi connectivity index (χ2v) is 5.63. The van der Waals surface area contributed by atoms with E-state index in [-0.39, 0.29) is 18.4 Å². The van der Waals surface area contributed by atoms with Crippen LogP contribution in [0.2, 0.25) is 0 Å². The van der Waals surface area contributed by atoms with Crippen LogP contribution < -0.4 is 10.2 Å². The number of aryl methyl sites for hydroxylation is 1. The fraction of sp³-hybridized carbons (Fsp3) is 0.500. The molecule has 21 heavy (non-hydrogen) atoms. The van der Waals surface area contributed by atoms with Crippen molar-refractivity contribution in [1.29, 1.82) is 0 Å². The second kappa shape index (κ2) is 6.61. The smallest absolute Gasteiger partial charge is 0.305 e. The first-order valence-electron chi connectivity index (χ1n) is 7.33.